The average molecular weight is 789 g/mol. The summed E-state index contributed by atoms with van der Waals surface area (Å²) in [5, 5.41) is 4.66. The largest absolute Gasteiger partial charge is 0.491 e. The summed E-state index contributed by atoms with van der Waals surface area (Å²) < 4.78 is 26.5. The van der Waals surface area contributed by atoms with E-state index in [0.29, 0.717) is 54.8 Å². The number of nitrogens with zero attached hydrogens (tertiary/aromatic N) is 5. The number of fused-ring (bicyclic) bond motifs is 4. The number of ether oxygens (including phenoxy) is 4. The molecule has 0 spiro atoms. The van der Waals surface area contributed by atoms with Crippen molar-refractivity contribution in [3.05, 3.63) is 108 Å². The van der Waals surface area contributed by atoms with Gasteiger partial charge in [-0.2, -0.15) is 0 Å². The highest BCUT2D eigenvalue weighted by Gasteiger charge is 2.43. The molecule has 3 fully saturated rings. The minimum Gasteiger partial charge on any atom is -0.491 e. The molecule has 6 aromatic rings. The maximum Gasteiger partial charge on any atom is 0.255 e. The topological polar surface area (TPSA) is 147 Å². The molecule has 4 aromatic heterocycles. The second kappa shape index (κ2) is 14.9. The molecule has 2 aliphatic carbocycles. The normalized spacial score (nSPS) is 20.4. The Balaban J connectivity index is 0.659. The number of imide groups is 1. The van der Waals surface area contributed by atoms with Gasteiger partial charge in [-0.3, -0.25) is 24.7 Å². The number of aromatic nitrogens is 4. The van der Waals surface area contributed by atoms with E-state index >= 15 is 0 Å². The van der Waals surface area contributed by atoms with E-state index in [2.05, 4.69) is 61.9 Å². The molecular weight excluding hydrogens is 749 g/mol. The fourth-order valence-electron chi connectivity index (χ4n) is 8.09. The van der Waals surface area contributed by atoms with Crippen LogP contribution < -0.4 is 19.5 Å². The highest BCUT2D eigenvalue weighted by Crippen LogP contribution is 2.39. The summed E-state index contributed by atoms with van der Waals surface area (Å²) in [5.74, 6) is 7.36. The summed E-state index contributed by atoms with van der Waals surface area (Å²) in [5.41, 5.74) is 5.90. The van der Waals surface area contributed by atoms with Crippen molar-refractivity contribution >= 4 is 39.5 Å². The number of carbonyl (C=O) groups excluding carboxylic acids is 3. The molecule has 2 aromatic carbocycles. The van der Waals surface area contributed by atoms with Gasteiger partial charge in [0.05, 0.1) is 18.3 Å². The van der Waals surface area contributed by atoms with Gasteiger partial charge in [-0.05, 0) is 84.8 Å². The third-order valence-corrected chi connectivity index (χ3v) is 11.6. The van der Waals surface area contributed by atoms with Crippen molar-refractivity contribution in [2.75, 3.05) is 13.2 Å². The van der Waals surface area contributed by atoms with E-state index in [1.807, 2.05) is 55.0 Å². The van der Waals surface area contributed by atoms with E-state index in [9.17, 15) is 14.4 Å². The van der Waals surface area contributed by atoms with Gasteiger partial charge in [-0.15, -0.1) is 0 Å². The Hall–Kier alpha value is -6.78. The lowest BCUT2D eigenvalue weighted by molar-refractivity contribution is -0.136. The molecule has 1 saturated heterocycles. The third-order valence-electron chi connectivity index (χ3n) is 11.6. The molecule has 6 heterocycles. The Morgan fingerprint density at radius 3 is 2.47 bits per heavy atom. The number of pyridine rings is 3. The molecule has 1 N–H and O–H groups in total. The Kier molecular flexibility index (Phi) is 9.21. The van der Waals surface area contributed by atoms with Gasteiger partial charge >= 0.3 is 0 Å². The molecule has 296 valence electrons. The molecule has 3 amide bonds. The van der Waals surface area contributed by atoms with Crippen LogP contribution in [-0.2, 0) is 27.9 Å². The zero-order valence-corrected chi connectivity index (χ0v) is 32.4. The van der Waals surface area contributed by atoms with Crippen molar-refractivity contribution in [2.24, 2.45) is 7.05 Å². The summed E-state index contributed by atoms with van der Waals surface area (Å²) in [6.45, 7) is 0.960. The third kappa shape index (κ3) is 7.32. The molecule has 2 aliphatic heterocycles. The number of carbonyl (C=O) groups is 3. The van der Waals surface area contributed by atoms with Crippen molar-refractivity contribution in [3.8, 4) is 40.3 Å². The highest BCUT2D eigenvalue weighted by molar-refractivity contribution is 6.08. The first-order valence-corrected chi connectivity index (χ1v) is 19.9. The number of rotatable bonds is 11. The van der Waals surface area contributed by atoms with E-state index in [0.717, 1.165) is 58.8 Å². The summed E-state index contributed by atoms with van der Waals surface area (Å²) in [4.78, 5) is 51.8. The Labute approximate surface area is 339 Å². The van der Waals surface area contributed by atoms with Crippen molar-refractivity contribution in [1.29, 1.82) is 0 Å². The van der Waals surface area contributed by atoms with Crippen LogP contribution in [0.5, 0.6) is 17.4 Å². The van der Waals surface area contributed by atoms with Crippen LogP contribution in [-0.4, -0.2) is 79.2 Å². The maximum atomic E-state index is 13.0. The van der Waals surface area contributed by atoms with Gasteiger partial charge in [0.25, 0.3) is 5.91 Å². The number of hydrogen-bond donors (Lipinski definition) is 1. The van der Waals surface area contributed by atoms with E-state index in [-0.39, 0.29) is 30.4 Å². The Bertz CT molecular complexity index is 2690. The van der Waals surface area contributed by atoms with Crippen LogP contribution in [0.3, 0.4) is 0 Å². The van der Waals surface area contributed by atoms with Crippen LogP contribution in [0.15, 0.2) is 91.5 Å². The molecule has 0 bridgehead atoms. The van der Waals surface area contributed by atoms with Crippen molar-refractivity contribution in [2.45, 2.75) is 68.9 Å². The molecule has 59 heavy (non-hydrogen) atoms. The minimum absolute atomic E-state index is 0.0363. The quantitative estimate of drug-likeness (QED) is 0.0955. The van der Waals surface area contributed by atoms with Gasteiger partial charge < -0.3 is 28.4 Å². The first-order valence-electron chi connectivity index (χ1n) is 19.9. The lowest BCUT2D eigenvalue weighted by Gasteiger charge is -2.34. The Morgan fingerprint density at radius 1 is 0.831 bits per heavy atom. The number of hydrogen-bond acceptors (Lipinski definition) is 10. The molecule has 13 nitrogen and oxygen atoms in total. The predicted octanol–water partition coefficient (Wildman–Crippen LogP) is 5.91. The number of nitrogens with one attached hydrogen (secondary N) is 1. The predicted molar refractivity (Wildman–Crippen MR) is 217 cm³/mol. The van der Waals surface area contributed by atoms with Gasteiger partial charge in [0.2, 0.25) is 17.7 Å². The zero-order chi connectivity index (χ0) is 40.1. The van der Waals surface area contributed by atoms with Crippen LogP contribution in [0.2, 0.25) is 0 Å². The van der Waals surface area contributed by atoms with Crippen LogP contribution in [0.1, 0.15) is 60.1 Å². The smallest absolute Gasteiger partial charge is 0.255 e. The average Bonchev–Trinajstić information content (AvgIpc) is 3.87. The summed E-state index contributed by atoms with van der Waals surface area (Å²) in [6.07, 6.45) is 11.1. The zero-order valence-electron chi connectivity index (χ0n) is 32.4. The monoisotopic (exact) mass is 788 g/mol. The van der Waals surface area contributed by atoms with Gasteiger partial charge in [0.15, 0.2) is 0 Å². The van der Waals surface area contributed by atoms with E-state index in [4.69, 9.17) is 18.9 Å². The second-order valence-electron chi connectivity index (χ2n) is 15.6. The summed E-state index contributed by atoms with van der Waals surface area (Å²) in [6, 6.07) is 20.9. The lowest BCUT2D eigenvalue weighted by atomic mass is 9.92. The standard InChI is InChI=1S/C46H40N6O7/c1-51-39-13-17-47-26-38(39)37-7-2-28(21-41(37)51)29-3-11-43(49-24-29)59-35-22-34(23-35)58-33-5-4-31(48-25-33)12-14-46(15-16-46)57-19-18-56-32-6-8-36-30(20-32)27-52(45(36)55)40-9-10-42(53)50-44(40)54/h2-8,11,13,17,20-21,24-26,34-35,40H,9-10,15-16,18-19,22-23,27H2,1H3,(H,50,53,54)/t34-,35-,40?. The molecule has 10 rings (SSSR count). The number of benzene rings is 2. The maximum absolute atomic E-state index is 13.0. The van der Waals surface area contributed by atoms with Crippen LogP contribution in [0.25, 0.3) is 32.9 Å². The van der Waals surface area contributed by atoms with Gasteiger partial charge in [0, 0.05) is 84.9 Å². The number of piperidine rings is 1. The number of amides is 3. The fourth-order valence-corrected chi connectivity index (χ4v) is 8.09. The first kappa shape index (κ1) is 36.6. The molecule has 2 saturated carbocycles. The SMILES string of the molecule is Cn1c2ccncc2c2ccc(-c3ccc(O[C@H]4C[C@H](Oc5ccc(C#CC6(OCCOc7ccc8c(c7)CN(C7CCC(=O)NC7=O)C8=O)CC6)nc5)C4)nc3)cc21. The van der Waals surface area contributed by atoms with Gasteiger partial charge in [0.1, 0.15) is 47.7 Å². The van der Waals surface area contributed by atoms with E-state index in [1.54, 1.807) is 18.3 Å². The molecule has 13 heteroatoms. The van der Waals surface area contributed by atoms with Crippen LogP contribution >= 0.6 is 0 Å². The van der Waals surface area contributed by atoms with Crippen molar-refractivity contribution < 1.29 is 33.3 Å². The fraction of sp³-hybridized carbons (Fsp3) is 0.304. The van der Waals surface area contributed by atoms with Crippen molar-refractivity contribution in [1.82, 2.24) is 29.7 Å². The number of aryl methyl sites for hydroxylation is 1. The highest BCUT2D eigenvalue weighted by atomic mass is 16.5. The lowest BCUT2D eigenvalue weighted by Crippen LogP contribution is -2.52. The van der Waals surface area contributed by atoms with Crippen molar-refractivity contribution in [3.63, 3.8) is 0 Å². The van der Waals surface area contributed by atoms with Gasteiger partial charge in [-0.25, -0.2) is 9.97 Å². The molecular formula is C46H40N6O7. The molecule has 4 aliphatic rings. The van der Waals surface area contributed by atoms with E-state index < -0.39 is 17.6 Å². The molecule has 0 radical (unpaired) electrons. The summed E-state index contributed by atoms with van der Waals surface area (Å²) in [7, 11) is 2.08. The minimum atomic E-state index is -0.650. The van der Waals surface area contributed by atoms with Gasteiger partial charge in [-0.1, -0.05) is 18.1 Å². The summed E-state index contributed by atoms with van der Waals surface area (Å²) >= 11 is 0. The first-order chi connectivity index (χ1) is 28.8. The van der Waals surface area contributed by atoms with Crippen LogP contribution in [0.4, 0.5) is 0 Å². The Morgan fingerprint density at radius 2 is 1.68 bits per heavy atom. The van der Waals surface area contributed by atoms with Crippen LogP contribution in [0, 0.1) is 11.8 Å². The van der Waals surface area contributed by atoms with E-state index in [1.165, 1.54) is 10.3 Å². The second-order valence-corrected chi connectivity index (χ2v) is 15.6. The molecule has 1 unspecified atom stereocenters. The molecule has 1 atom stereocenters.